The molecule has 2 rings (SSSR count). The highest BCUT2D eigenvalue weighted by molar-refractivity contribution is 7.99. The monoisotopic (exact) mass is 330 g/mol. The Balaban J connectivity index is 1.76. The fourth-order valence-corrected chi connectivity index (χ4v) is 3.10. The van der Waals surface area contributed by atoms with Gasteiger partial charge in [0, 0.05) is 50.2 Å². The summed E-state index contributed by atoms with van der Waals surface area (Å²) >= 11 is 1.86. The van der Waals surface area contributed by atoms with Crippen LogP contribution in [0, 0.1) is 6.92 Å². The molecule has 0 fully saturated rings. The molecular formula is C18H26N4S. The second kappa shape index (κ2) is 8.67. The summed E-state index contributed by atoms with van der Waals surface area (Å²) in [6.45, 7) is 3.85. The Hall–Kier alpha value is -1.88. The molecule has 0 aliphatic rings. The third-order valence-corrected chi connectivity index (χ3v) is 4.71. The van der Waals surface area contributed by atoms with Gasteiger partial charge < -0.3 is 14.8 Å². The normalized spacial score (nSPS) is 11.6. The van der Waals surface area contributed by atoms with Crippen LogP contribution in [0.15, 0.2) is 52.5 Å². The van der Waals surface area contributed by atoms with Gasteiger partial charge in [-0.15, -0.1) is 11.8 Å². The molecule has 0 atom stereocenters. The second-order valence-electron chi connectivity index (χ2n) is 5.60. The van der Waals surface area contributed by atoms with Gasteiger partial charge >= 0.3 is 0 Å². The molecule has 1 heterocycles. The molecule has 0 bridgehead atoms. The predicted molar refractivity (Wildman–Crippen MR) is 100 cm³/mol. The van der Waals surface area contributed by atoms with Crippen LogP contribution in [0.2, 0.25) is 0 Å². The Morgan fingerprint density at radius 1 is 1.26 bits per heavy atom. The van der Waals surface area contributed by atoms with Crippen molar-refractivity contribution in [2.75, 3.05) is 26.4 Å². The van der Waals surface area contributed by atoms with Crippen LogP contribution >= 0.6 is 11.8 Å². The van der Waals surface area contributed by atoms with E-state index < -0.39 is 0 Å². The number of nitrogens with zero attached hydrogens (tertiary/aromatic N) is 3. The fourth-order valence-electron chi connectivity index (χ4n) is 2.33. The lowest BCUT2D eigenvalue weighted by Gasteiger charge is -2.22. The number of thioether (sulfide) groups is 1. The number of guanidine groups is 1. The van der Waals surface area contributed by atoms with E-state index in [0.717, 1.165) is 24.8 Å². The van der Waals surface area contributed by atoms with Crippen LogP contribution < -0.4 is 5.32 Å². The van der Waals surface area contributed by atoms with Crippen molar-refractivity contribution < 1.29 is 0 Å². The molecule has 2 aromatic rings. The first-order valence-electron chi connectivity index (χ1n) is 7.81. The lowest BCUT2D eigenvalue weighted by molar-refractivity contribution is 0.464. The maximum Gasteiger partial charge on any atom is 0.193 e. The minimum Gasteiger partial charge on any atom is -0.355 e. The number of aliphatic imine (C=N–C) groups is 1. The number of aromatic nitrogens is 1. The number of hydrogen-bond acceptors (Lipinski definition) is 2. The Bertz CT molecular complexity index is 631. The Morgan fingerprint density at radius 3 is 2.61 bits per heavy atom. The molecule has 0 aliphatic heterocycles. The van der Waals surface area contributed by atoms with Crippen molar-refractivity contribution in [1.29, 1.82) is 0 Å². The van der Waals surface area contributed by atoms with Gasteiger partial charge in [0.05, 0.1) is 6.54 Å². The molecule has 0 spiro atoms. The maximum atomic E-state index is 4.37. The van der Waals surface area contributed by atoms with E-state index in [1.165, 1.54) is 16.2 Å². The van der Waals surface area contributed by atoms with Gasteiger partial charge in [-0.25, -0.2) is 0 Å². The summed E-state index contributed by atoms with van der Waals surface area (Å²) in [6, 6.07) is 12.9. The van der Waals surface area contributed by atoms with Crippen molar-refractivity contribution in [2.24, 2.45) is 12.0 Å². The summed E-state index contributed by atoms with van der Waals surface area (Å²) in [5.74, 6) is 1.94. The molecule has 124 valence electrons. The van der Waals surface area contributed by atoms with Gasteiger partial charge in [-0.1, -0.05) is 17.7 Å². The van der Waals surface area contributed by atoms with E-state index in [0.29, 0.717) is 0 Å². The molecule has 0 aliphatic carbocycles. The summed E-state index contributed by atoms with van der Waals surface area (Å²) in [5.41, 5.74) is 2.57. The van der Waals surface area contributed by atoms with Crippen molar-refractivity contribution in [1.82, 2.24) is 14.8 Å². The number of rotatable bonds is 6. The molecule has 1 N–H and O–H groups in total. The summed E-state index contributed by atoms with van der Waals surface area (Å²) in [7, 11) is 5.96. The molecule has 0 amide bonds. The first-order chi connectivity index (χ1) is 11.1. The van der Waals surface area contributed by atoms with Gasteiger partial charge in [0.1, 0.15) is 0 Å². The van der Waals surface area contributed by atoms with E-state index >= 15 is 0 Å². The van der Waals surface area contributed by atoms with E-state index in [1.807, 2.05) is 18.8 Å². The number of benzene rings is 1. The van der Waals surface area contributed by atoms with Gasteiger partial charge in [0.2, 0.25) is 0 Å². The Morgan fingerprint density at radius 2 is 2.00 bits per heavy atom. The van der Waals surface area contributed by atoms with Crippen LogP contribution in [0.1, 0.15) is 11.3 Å². The number of aryl methyl sites for hydroxylation is 2. The first-order valence-corrected chi connectivity index (χ1v) is 8.80. The van der Waals surface area contributed by atoms with Crippen molar-refractivity contribution in [3.05, 3.63) is 53.9 Å². The van der Waals surface area contributed by atoms with E-state index in [1.54, 1.807) is 0 Å². The van der Waals surface area contributed by atoms with Gasteiger partial charge in [0.15, 0.2) is 5.96 Å². The highest BCUT2D eigenvalue weighted by atomic mass is 32.2. The van der Waals surface area contributed by atoms with Gasteiger partial charge in [-0.05, 0) is 31.2 Å². The zero-order valence-electron chi connectivity index (χ0n) is 14.4. The zero-order valence-corrected chi connectivity index (χ0v) is 15.2. The average Bonchev–Trinajstić information content (AvgIpc) is 2.94. The number of hydrogen-bond donors (Lipinski definition) is 1. The molecule has 23 heavy (non-hydrogen) atoms. The van der Waals surface area contributed by atoms with E-state index in [2.05, 4.69) is 83.4 Å². The molecule has 1 aromatic heterocycles. The fraction of sp³-hybridized carbons (Fsp3) is 0.389. The second-order valence-corrected chi connectivity index (χ2v) is 6.77. The molecule has 1 aromatic carbocycles. The van der Waals surface area contributed by atoms with Crippen LogP contribution in [0.5, 0.6) is 0 Å². The maximum absolute atomic E-state index is 4.37. The van der Waals surface area contributed by atoms with Crippen LogP contribution in [-0.4, -0.2) is 41.8 Å². The predicted octanol–water partition coefficient (Wildman–Crippen LogP) is 3.13. The van der Waals surface area contributed by atoms with Gasteiger partial charge in [0.25, 0.3) is 0 Å². The Kier molecular flexibility index (Phi) is 6.59. The minimum atomic E-state index is 0.842. The lowest BCUT2D eigenvalue weighted by Crippen LogP contribution is -2.39. The summed E-state index contributed by atoms with van der Waals surface area (Å²) in [6.07, 6.45) is 2.07. The molecule has 0 saturated carbocycles. The van der Waals surface area contributed by atoms with Crippen LogP contribution in [0.4, 0.5) is 0 Å². The molecule has 5 heteroatoms. The summed E-state index contributed by atoms with van der Waals surface area (Å²) < 4.78 is 2.14. The van der Waals surface area contributed by atoms with Gasteiger partial charge in [-0.2, -0.15) is 0 Å². The minimum absolute atomic E-state index is 0.842. The van der Waals surface area contributed by atoms with Crippen molar-refractivity contribution in [3.8, 4) is 0 Å². The topological polar surface area (TPSA) is 32.6 Å². The largest absolute Gasteiger partial charge is 0.355 e. The summed E-state index contributed by atoms with van der Waals surface area (Å²) in [5, 5.41) is 3.43. The zero-order chi connectivity index (χ0) is 16.7. The quantitative estimate of drug-likeness (QED) is 0.382. The number of nitrogens with one attached hydrogen (secondary N) is 1. The SMILES string of the molecule is CN=C(NCCSc1ccc(C)cc1)N(C)Cc1cccn1C. The third-order valence-electron chi connectivity index (χ3n) is 3.70. The van der Waals surface area contributed by atoms with E-state index in [4.69, 9.17) is 0 Å². The average molecular weight is 331 g/mol. The van der Waals surface area contributed by atoms with E-state index in [9.17, 15) is 0 Å². The van der Waals surface area contributed by atoms with Crippen molar-refractivity contribution >= 4 is 17.7 Å². The highest BCUT2D eigenvalue weighted by Gasteiger charge is 2.07. The smallest absolute Gasteiger partial charge is 0.193 e. The Labute approximate surface area is 143 Å². The van der Waals surface area contributed by atoms with Crippen LogP contribution in [0.3, 0.4) is 0 Å². The summed E-state index contributed by atoms with van der Waals surface area (Å²) in [4.78, 5) is 7.82. The first kappa shape index (κ1) is 17.5. The van der Waals surface area contributed by atoms with Crippen molar-refractivity contribution in [2.45, 2.75) is 18.4 Å². The third kappa shape index (κ3) is 5.36. The van der Waals surface area contributed by atoms with Gasteiger partial charge in [-0.3, -0.25) is 4.99 Å². The lowest BCUT2D eigenvalue weighted by atomic mass is 10.2. The highest BCUT2D eigenvalue weighted by Crippen LogP contribution is 2.17. The molecular weight excluding hydrogens is 304 g/mol. The van der Waals surface area contributed by atoms with Crippen molar-refractivity contribution in [3.63, 3.8) is 0 Å². The molecule has 4 nitrogen and oxygen atoms in total. The molecule has 0 unspecified atom stereocenters. The molecule has 0 radical (unpaired) electrons. The standard InChI is InChI=1S/C18H26N4S/c1-15-7-9-17(10-8-15)23-13-11-20-18(19-2)22(4)14-16-6-5-12-21(16)3/h5-10,12H,11,13-14H2,1-4H3,(H,19,20). The van der Waals surface area contributed by atoms with Crippen LogP contribution in [-0.2, 0) is 13.6 Å². The molecule has 0 saturated heterocycles. The van der Waals surface area contributed by atoms with E-state index in [-0.39, 0.29) is 0 Å². The van der Waals surface area contributed by atoms with Crippen LogP contribution in [0.25, 0.3) is 0 Å².